The van der Waals surface area contributed by atoms with Gasteiger partial charge in [0.2, 0.25) is 6.79 Å². The zero-order valence-electron chi connectivity index (χ0n) is 12.6. The van der Waals surface area contributed by atoms with E-state index in [0.717, 1.165) is 0 Å². The van der Waals surface area contributed by atoms with Crippen LogP contribution in [0.25, 0.3) is 0 Å². The molecule has 0 saturated carbocycles. The van der Waals surface area contributed by atoms with Crippen molar-refractivity contribution in [3.05, 3.63) is 58.6 Å². The smallest absolute Gasteiger partial charge is 0.325 e. The predicted molar refractivity (Wildman–Crippen MR) is 86.1 cm³/mol. The van der Waals surface area contributed by atoms with Gasteiger partial charge in [0.05, 0.1) is 0 Å². The summed E-state index contributed by atoms with van der Waals surface area (Å²) in [5, 5.41) is 3.02. The Bertz CT molecular complexity index is 777. The first kappa shape index (κ1) is 16.1. The van der Waals surface area contributed by atoms with Crippen molar-refractivity contribution in [1.29, 1.82) is 0 Å². The third-order valence-corrected chi connectivity index (χ3v) is 3.74. The van der Waals surface area contributed by atoms with Gasteiger partial charge in [0.15, 0.2) is 11.5 Å². The molecule has 124 valence electrons. The molecular weight excluding hydrogens is 334 g/mol. The lowest BCUT2D eigenvalue weighted by Crippen LogP contribution is -2.30. The van der Waals surface area contributed by atoms with Crippen LogP contribution in [0.4, 0.5) is 0 Å². The third-order valence-electron chi connectivity index (χ3n) is 3.37. The fourth-order valence-electron chi connectivity index (χ4n) is 2.12. The minimum Gasteiger partial charge on any atom is -0.459 e. The summed E-state index contributed by atoms with van der Waals surface area (Å²) in [5.74, 6) is 0.140. The molecular formula is C17H14ClNO5. The van der Waals surface area contributed by atoms with E-state index in [9.17, 15) is 9.59 Å². The molecule has 0 atom stereocenters. The van der Waals surface area contributed by atoms with E-state index in [0.29, 0.717) is 27.6 Å². The molecule has 1 heterocycles. The van der Waals surface area contributed by atoms with Crippen LogP contribution in [0.2, 0.25) is 5.02 Å². The molecule has 0 fully saturated rings. The van der Waals surface area contributed by atoms with Crippen molar-refractivity contribution in [3.8, 4) is 11.5 Å². The highest BCUT2D eigenvalue weighted by molar-refractivity contribution is 6.31. The van der Waals surface area contributed by atoms with Crippen molar-refractivity contribution >= 4 is 23.5 Å². The van der Waals surface area contributed by atoms with Crippen LogP contribution in [0.15, 0.2) is 42.5 Å². The second-order valence-corrected chi connectivity index (χ2v) is 5.41. The quantitative estimate of drug-likeness (QED) is 0.841. The van der Waals surface area contributed by atoms with Crippen molar-refractivity contribution in [2.24, 2.45) is 0 Å². The van der Waals surface area contributed by atoms with E-state index >= 15 is 0 Å². The number of halogens is 1. The molecule has 1 amide bonds. The topological polar surface area (TPSA) is 73.9 Å². The predicted octanol–water partition coefficient (Wildman–Crippen LogP) is 2.54. The van der Waals surface area contributed by atoms with Gasteiger partial charge in [-0.1, -0.05) is 29.8 Å². The molecule has 2 aromatic rings. The molecule has 7 heteroatoms. The van der Waals surface area contributed by atoms with Crippen molar-refractivity contribution in [2.75, 3.05) is 13.3 Å². The number of rotatable bonds is 5. The summed E-state index contributed by atoms with van der Waals surface area (Å²) in [6.07, 6.45) is 0. The Morgan fingerprint density at radius 1 is 1.12 bits per heavy atom. The van der Waals surface area contributed by atoms with E-state index in [4.69, 9.17) is 25.8 Å². The molecule has 0 saturated heterocycles. The van der Waals surface area contributed by atoms with Gasteiger partial charge in [0, 0.05) is 16.1 Å². The van der Waals surface area contributed by atoms with E-state index in [-0.39, 0.29) is 19.9 Å². The highest BCUT2D eigenvalue weighted by atomic mass is 35.5. The van der Waals surface area contributed by atoms with Gasteiger partial charge in [-0.15, -0.1) is 0 Å². The highest BCUT2D eigenvalue weighted by Crippen LogP contribution is 2.32. The Balaban J connectivity index is 1.49. The highest BCUT2D eigenvalue weighted by Gasteiger charge is 2.16. The summed E-state index contributed by atoms with van der Waals surface area (Å²) in [6.45, 7) is -0.0507. The fraction of sp³-hybridized carbons (Fsp3) is 0.176. The van der Waals surface area contributed by atoms with Crippen LogP contribution in [0.3, 0.4) is 0 Å². The zero-order valence-corrected chi connectivity index (χ0v) is 13.3. The maximum absolute atomic E-state index is 12.0. The van der Waals surface area contributed by atoms with Gasteiger partial charge in [-0.2, -0.15) is 0 Å². The molecule has 0 radical (unpaired) electrons. The number of nitrogens with one attached hydrogen (secondary N) is 1. The number of esters is 1. The third kappa shape index (κ3) is 3.78. The van der Waals surface area contributed by atoms with Gasteiger partial charge in [-0.3, -0.25) is 9.59 Å². The molecule has 6 nitrogen and oxygen atoms in total. The molecule has 0 bridgehead atoms. The van der Waals surface area contributed by atoms with Gasteiger partial charge in [0.1, 0.15) is 13.2 Å². The van der Waals surface area contributed by atoms with Crippen molar-refractivity contribution in [2.45, 2.75) is 6.61 Å². The SMILES string of the molecule is O=C(CNC(=O)c1ccc2c(c1)OCO2)OCc1ccccc1Cl. The van der Waals surface area contributed by atoms with Gasteiger partial charge < -0.3 is 19.5 Å². The number of hydrogen-bond acceptors (Lipinski definition) is 5. The van der Waals surface area contributed by atoms with Crippen molar-refractivity contribution in [3.63, 3.8) is 0 Å². The van der Waals surface area contributed by atoms with Crippen LogP contribution in [-0.2, 0) is 16.1 Å². The van der Waals surface area contributed by atoms with Crippen molar-refractivity contribution in [1.82, 2.24) is 5.32 Å². The Morgan fingerprint density at radius 2 is 1.92 bits per heavy atom. The summed E-state index contributed by atoms with van der Waals surface area (Å²) < 4.78 is 15.5. The molecule has 0 spiro atoms. The molecule has 1 aliphatic rings. The molecule has 1 aliphatic heterocycles. The van der Waals surface area contributed by atoms with Crippen LogP contribution in [-0.4, -0.2) is 25.2 Å². The van der Waals surface area contributed by atoms with Crippen molar-refractivity contribution < 1.29 is 23.8 Å². The number of carbonyl (C=O) groups excluding carboxylic acids is 2. The summed E-state index contributed by atoms with van der Waals surface area (Å²) in [5.41, 5.74) is 1.08. The van der Waals surface area contributed by atoms with Crippen LogP contribution >= 0.6 is 11.6 Å². The van der Waals surface area contributed by atoms with Gasteiger partial charge in [-0.05, 0) is 24.3 Å². The number of fused-ring (bicyclic) bond motifs is 1. The normalized spacial score (nSPS) is 11.9. The second-order valence-electron chi connectivity index (χ2n) is 5.00. The van der Waals surface area contributed by atoms with Gasteiger partial charge >= 0.3 is 5.97 Å². The van der Waals surface area contributed by atoms with E-state index in [2.05, 4.69) is 5.32 Å². The lowest BCUT2D eigenvalue weighted by Gasteiger charge is -2.08. The van der Waals surface area contributed by atoms with E-state index < -0.39 is 11.9 Å². The fourth-order valence-corrected chi connectivity index (χ4v) is 2.31. The molecule has 0 aromatic heterocycles. The average molecular weight is 348 g/mol. The first-order chi connectivity index (χ1) is 11.6. The number of ether oxygens (including phenoxy) is 3. The molecule has 1 N–H and O–H groups in total. The Morgan fingerprint density at radius 3 is 2.75 bits per heavy atom. The van der Waals surface area contributed by atoms with Gasteiger partial charge in [-0.25, -0.2) is 0 Å². The van der Waals surface area contributed by atoms with Crippen LogP contribution < -0.4 is 14.8 Å². The largest absolute Gasteiger partial charge is 0.459 e. The lowest BCUT2D eigenvalue weighted by molar-refractivity contribution is -0.143. The average Bonchev–Trinajstić information content (AvgIpc) is 3.06. The van der Waals surface area contributed by atoms with E-state index in [1.807, 2.05) is 0 Å². The van der Waals surface area contributed by atoms with Crippen LogP contribution in [0.1, 0.15) is 15.9 Å². The minimum absolute atomic E-state index is 0.0540. The number of hydrogen-bond donors (Lipinski definition) is 1. The Kier molecular flexibility index (Phi) is 4.86. The number of amides is 1. The molecule has 0 aliphatic carbocycles. The molecule has 24 heavy (non-hydrogen) atoms. The minimum atomic E-state index is -0.552. The van der Waals surface area contributed by atoms with E-state index in [1.165, 1.54) is 0 Å². The first-order valence-electron chi connectivity index (χ1n) is 7.20. The summed E-state index contributed by atoms with van der Waals surface area (Å²) in [4.78, 5) is 23.8. The lowest BCUT2D eigenvalue weighted by atomic mass is 10.2. The standard InChI is InChI=1S/C17H14ClNO5/c18-13-4-2-1-3-12(13)9-22-16(20)8-19-17(21)11-5-6-14-15(7-11)24-10-23-14/h1-7H,8-10H2,(H,19,21). The maximum Gasteiger partial charge on any atom is 0.325 e. The Hall–Kier alpha value is -2.73. The maximum atomic E-state index is 12.0. The zero-order chi connectivity index (χ0) is 16.9. The summed E-state index contributed by atoms with van der Waals surface area (Å²) in [6, 6.07) is 11.9. The van der Waals surface area contributed by atoms with Crippen LogP contribution in [0.5, 0.6) is 11.5 Å². The number of benzene rings is 2. The molecule has 0 unspecified atom stereocenters. The van der Waals surface area contributed by atoms with E-state index in [1.54, 1.807) is 42.5 Å². The first-order valence-corrected chi connectivity index (χ1v) is 7.58. The van der Waals surface area contributed by atoms with Crippen LogP contribution in [0, 0.1) is 0 Å². The van der Waals surface area contributed by atoms with Gasteiger partial charge in [0.25, 0.3) is 5.91 Å². The molecule has 2 aromatic carbocycles. The summed E-state index contributed by atoms with van der Waals surface area (Å²) in [7, 11) is 0. The monoisotopic (exact) mass is 347 g/mol. The second kappa shape index (κ2) is 7.23. The summed E-state index contributed by atoms with van der Waals surface area (Å²) >= 11 is 5.98. The molecule has 3 rings (SSSR count). The number of carbonyl (C=O) groups is 2. The Labute approximate surface area is 143 Å².